The van der Waals surface area contributed by atoms with Crippen LogP contribution in [-0.4, -0.2) is 5.91 Å². The van der Waals surface area contributed by atoms with Crippen LogP contribution in [0.4, 0.5) is 11.4 Å². The van der Waals surface area contributed by atoms with Gasteiger partial charge in [-0.25, -0.2) is 0 Å². The summed E-state index contributed by atoms with van der Waals surface area (Å²) in [5.41, 5.74) is 8.13. The van der Waals surface area contributed by atoms with Crippen LogP contribution in [0, 0.1) is 6.92 Å². The molecule has 0 heterocycles. The molecule has 0 aliphatic carbocycles. The maximum absolute atomic E-state index is 11.3. The number of carbonyl (C=O) groups excluding carboxylic acids is 1. The molecule has 0 saturated carbocycles. The average molecular weight is 192 g/mol. The lowest BCUT2D eigenvalue weighted by Gasteiger charge is -2.08. The van der Waals surface area contributed by atoms with E-state index in [0.29, 0.717) is 12.1 Å². The fourth-order valence-corrected chi connectivity index (χ4v) is 1.21. The fraction of sp³-hybridized carbons (Fsp3) is 0.364. The molecule has 3 heteroatoms. The van der Waals surface area contributed by atoms with Gasteiger partial charge in [-0.3, -0.25) is 4.79 Å². The Bertz CT molecular complexity index is 334. The average Bonchev–Trinajstić information content (AvgIpc) is 2.12. The van der Waals surface area contributed by atoms with E-state index in [2.05, 4.69) is 5.32 Å². The number of amides is 1. The smallest absolute Gasteiger partial charge is 0.224 e. The monoisotopic (exact) mass is 192 g/mol. The predicted molar refractivity (Wildman–Crippen MR) is 59.1 cm³/mol. The molecule has 0 aromatic heterocycles. The molecule has 1 amide bonds. The summed E-state index contributed by atoms with van der Waals surface area (Å²) < 4.78 is 0. The summed E-state index contributed by atoms with van der Waals surface area (Å²) in [4.78, 5) is 11.3. The van der Waals surface area contributed by atoms with Crippen LogP contribution in [0.5, 0.6) is 0 Å². The van der Waals surface area contributed by atoms with Gasteiger partial charge in [0.15, 0.2) is 0 Å². The first kappa shape index (κ1) is 10.6. The summed E-state index contributed by atoms with van der Waals surface area (Å²) in [6.45, 7) is 3.92. The van der Waals surface area contributed by atoms with Gasteiger partial charge < -0.3 is 11.1 Å². The van der Waals surface area contributed by atoms with Crippen LogP contribution < -0.4 is 11.1 Å². The molecule has 0 bridgehead atoms. The molecule has 1 rings (SSSR count). The molecule has 0 spiro atoms. The zero-order valence-corrected chi connectivity index (χ0v) is 8.63. The molecule has 0 aliphatic rings. The van der Waals surface area contributed by atoms with Crippen molar-refractivity contribution >= 4 is 17.3 Å². The third-order valence-corrected chi connectivity index (χ3v) is 2.01. The van der Waals surface area contributed by atoms with Crippen LogP contribution in [0.1, 0.15) is 25.3 Å². The molecule has 0 atom stereocenters. The Morgan fingerprint density at radius 1 is 1.50 bits per heavy atom. The first-order chi connectivity index (χ1) is 6.63. The van der Waals surface area contributed by atoms with E-state index in [-0.39, 0.29) is 5.91 Å². The quantitative estimate of drug-likeness (QED) is 0.722. The highest BCUT2D eigenvalue weighted by atomic mass is 16.1. The second-order valence-corrected chi connectivity index (χ2v) is 3.37. The predicted octanol–water partition coefficient (Wildman–Crippen LogP) is 2.32. The van der Waals surface area contributed by atoms with Crippen molar-refractivity contribution < 1.29 is 4.79 Å². The summed E-state index contributed by atoms with van der Waals surface area (Å²) in [5, 5.41) is 2.83. The Kier molecular flexibility index (Phi) is 3.51. The van der Waals surface area contributed by atoms with Crippen LogP contribution in [-0.2, 0) is 4.79 Å². The molecule has 3 nitrogen and oxygen atoms in total. The van der Waals surface area contributed by atoms with Gasteiger partial charge in [-0.1, -0.05) is 13.0 Å². The minimum Gasteiger partial charge on any atom is -0.399 e. The SMILES string of the molecule is CCCC(=O)Nc1cc(N)ccc1C. The number of benzene rings is 1. The highest BCUT2D eigenvalue weighted by Gasteiger charge is 2.03. The van der Waals surface area contributed by atoms with E-state index in [1.165, 1.54) is 0 Å². The molecule has 76 valence electrons. The van der Waals surface area contributed by atoms with Gasteiger partial charge in [-0.2, -0.15) is 0 Å². The summed E-state index contributed by atoms with van der Waals surface area (Å²) in [5.74, 6) is 0.0428. The lowest BCUT2D eigenvalue weighted by Crippen LogP contribution is -2.11. The third-order valence-electron chi connectivity index (χ3n) is 2.01. The third kappa shape index (κ3) is 2.76. The molecular weight excluding hydrogens is 176 g/mol. The summed E-state index contributed by atoms with van der Waals surface area (Å²) in [6.07, 6.45) is 1.40. The van der Waals surface area contributed by atoms with Crippen LogP contribution in [0.15, 0.2) is 18.2 Å². The van der Waals surface area contributed by atoms with Gasteiger partial charge >= 0.3 is 0 Å². The van der Waals surface area contributed by atoms with Crippen LogP contribution in [0.2, 0.25) is 0 Å². The fourth-order valence-electron chi connectivity index (χ4n) is 1.21. The first-order valence-electron chi connectivity index (χ1n) is 4.79. The molecule has 3 N–H and O–H groups in total. The zero-order chi connectivity index (χ0) is 10.6. The lowest BCUT2D eigenvalue weighted by atomic mass is 10.1. The van der Waals surface area contributed by atoms with E-state index in [1.807, 2.05) is 26.0 Å². The van der Waals surface area contributed by atoms with E-state index in [0.717, 1.165) is 17.7 Å². The van der Waals surface area contributed by atoms with Crippen LogP contribution in [0.3, 0.4) is 0 Å². The van der Waals surface area contributed by atoms with E-state index in [9.17, 15) is 4.79 Å². The number of hydrogen-bond donors (Lipinski definition) is 2. The largest absolute Gasteiger partial charge is 0.399 e. The minimum atomic E-state index is 0.0428. The number of hydrogen-bond acceptors (Lipinski definition) is 2. The Morgan fingerprint density at radius 2 is 2.21 bits per heavy atom. The Hall–Kier alpha value is -1.51. The standard InChI is InChI=1S/C11H16N2O/c1-3-4-11(14)13-10-7-9(12)6-5-8(10)2/h5-7H,3-4,12H2,1-2H3,(H,13,14). The van der Waals surface area contributed by atoms with Crippen LogP contribution >= 0.6 is 0 Å². The normalized spacial score (nSPS) is 9.86. The molecule has 1 aromatic rings. The van der Waals surface area contributed by atoms with Crippen molar-refractivity contribution in [3.63, 3.8) is 0 Å². The van der Waals surface area contributed by atoms with E-state index in [1.54, 1.807) is 6.07 Å². The number of nitrogen functional groups attached to an aromatic ring is 1. The van der Waals surface area contributed by atoms with Gasteiger partial charge in [-0.15, -0.1) is 0 Å². The van der Waals surface area contributed by atoms with Crippen molar-refractivity contribution in [1.82, 2.24) is 0 Å². The molecule has 0 radical (unpaired) electrons. The molecule has 1 aromatic carbocycles. The summed E-state index contributed by atoms with van der Waals surface area (Å²) in [6, 6.07) is 5.50. The number of rotatable bonds is 3. The number of aryl methyl sites for hydroxylation is 1. The second-order valence-electron chi connectivity index (χ2n) is 3.37. The van der Waals surface area contributed by atoms with Gasteiger partial charge in [0.2, 0.25) is 5.91 Å². The van der Waals surface area contributed by atoms with Gasteiger partial charge in [0, 0.05) is 17.8 Å². The summed E-state index contributed by atoms with van der Waals surface area (Å²) >= 11 is 0. The molecule has 0 aliphatic heterocycles. The van der Waals surface area contributed by atoms with Crippen molar-refractivity contribution in [2.75, 3.05) is 11.1 Å². The Labute approximate surface area is 84.3 Å². The Morgan fingerprint density at radius 3 is 2.86 bits per heavy atom. The van der Waals surface area contributed by atoms with Gasteiger partial charge in [-0.05, 0) is 31.0 Å². The Balaban J connectivity index is 2.75. The first-order valence-corrected chi connectivity index (χ1v) is 4.79. The maximum atomic E-state index is 11.3. The minimum absolute atomic E-state index is 0.0428. The molecule has 0 fully saturated rings. The maximum Gasteiger partial charge on any atom is 0.224 e. The van der Waals surface area contributed by atoms with Gasteiger partial charge in [0.05, 0.1) is 0 Å². The van der Waals surface area contributed by atoms with E-state index >= 15 is 0 Å². The lowest BCUT2D eigenvalue weighted by molar-refractivity contribution is -0.116. The van der Waals surface area contributed by atoms with Crippen LogP contribution in [0.25, 0.3) is 0 Å². The summed E-state index contributed by atoms with van der Waals surface area (Å²) in [7, 11) is 0. The number of nitrogens with two attached hydrogens (primary N) is 1. The molecule has 0 unspecified atom stereocenters. The second kappa shape index (κ2) is 4.65. The highest BCUT2D eigenvalue weighted by molar-refractivity contribution is 5.91. The number of nitrogens with one attached hydrogen (secondary N) is 1. The van der Waals surface area contributed by atoms with E-state index in [4.69, 9.17) is 5.73 Å². The van der Waals surface area contributed by atoms with Crippen molar-refractivity contribution in [3.8, 4) is 0 Å². The van der Waals surface area contributed by atoms with Crippen molar-refractivity contribution in [1.29, 1.82) is 0 Å². The number of anilines is 2. The van der Waals surface area contributed by atoms with Crippen molar-refractivity contribution in [2.24, 2.45) is 0 Å². The molecule has 14 heavy (non-hydrogen) atoms. The topological polar surface area (TPSA) is 55.1 Å². The highest BCUT2D eigenvalue weighted by Crippen LogP contribution is 2.18. The number of carbonyl (C=O) groups is 1. The van der Waals surface area contributed by atoms with Crippen molar-refractivity contribution in [2.45, 2.75) is 26.7 Å². The molecular formula is C11H16N2O. The zero-order valence-electron chi connectivity index (χ0n) is 8.63. The van der Waals surface area contributed by atoms with Crippen molar-refractivity contribution in [3.05, 3.63) is 23.8 Å². The van der Waals surface area contributed by atoms with Gasteiger partial charge in [0.25, 0.3) is 0 Å². The van der Waals surface area contributed by atoms with E-state index < -0.39 is 0 Å². The van der Waals surface area contributed by atoms with Gasteiger partial charge in [0.1, 0.15) is 0 Å². The molecule has 0 saturated heterocycles.